The van der Waals surface area contributed by atoms with Gasteiger partial charge in [0.25, 0.3) is 0 Å². The summed E-state index contributed by atoms with van der Waals surface area (Å²) in [5, 5.41) is 0. The maximum atomic E-state index is 13.0. The van der Waals surface area contributed by atoms with Gasteiger partial charge in [-0.15, -0.1) is 0 Å². The minimum atomic E-state index is -3.35. The summed E-state index contributed by atoms with van der Waals surface area (Å²) in [5.41, 5.74) is 0.0690. The van der Waals surface area contributed by atoms with Crippen LogP contribution in [0.15, 0.2) is 29.2 Å². The lowest BCUT2D eigenvalue weighted by molar-refractivity contribution is -0.112. The SMILES string of the molecule is CCS(=O)(=O)c1cccc(C(F)C=O)c1. The highest BCUT2D eigenvalue weighted by atomic mass is 32.2. The number of hydrogen-bond donors (Lipinski definition) is 0. The predicted octanol–water partition coefficient (Wildman–Crippen LogP) is 1.69. The van der Waals surface area contributed by atoms with Gasteiger partial charge >= 0.3 is 0 Å². The molecule has 0 amide bonds. The topological polar surface area (TPSA) is 51.2 Å². The van der Waals surface area contributed by atoms with Crippen LogP contribution in [0.3, 0.4) is 0 Å². The Morgan fingerprint density at radius 2 is 2.13 bits per heavy atom. The van der Waals surface area contributed by atoms with Crippen LogP contribution in [0.25, 0.3) is 0 Å². The Hall–Kier alpha value is -1.23. The summed E-state index contributed by atoms with van der Waals surface area (Å²) in [6, 6.07) is 5.39. The molecule has 0 aromatic heterocycles. The molecule has 5 heteroatoms. The number of alkyl halides is 1. The van der Waals surface area contributed by atoms with E-state index in [0.717, 1.165) is 0 Å². The van der Waals surface area contributed by atoms with Crippen molar-refractivity contribution in [2.75, 3.05) is 5.75 Å². The quantitative estimate of drug-likeness (QED) is 0.739. The van der Waals surface area contributed by atoms with Crippen molar-refractivity contribution < 1.29 is 17.6 Å². The van der Waals surface area contributed by atoms with Gasteiger partial charge in [0.15, 0.2) is 22.3 Å². The van der Waals surface area contributed by atoms with Crippen molar-refractivity contribution in [3.05, 3.63) is 29.8 Å². The molecule has 0 spiro atoms. The van der Waals surface area contributed by atoms with E-state index in [-0.39, 0.29) is 22.5 Å². The molecule has 0 saturated carbocycles. The van der Waals surface area contributed by atoms with Crippen LogP contribution in [0.2, 0.25) is 0 Å². The molecule has 1 rings (SSSR count). The first-order valence-corrected chi connectivity index (χ1v) is 6.08. The molecule has 0 saturated heterocycles. The van der Waals surface area contributed by atoms with Crippen LogP contribution >= 0.6 is 0 Å². The van der Waals surface area contributed by atoms with Crippen LogP contribution in [0.4, 0.5) is 4.39 Å². The first kappa shape index (κ1) is 11.8. The number of sulfone groups is 1. The molecule has 15 heavy (non-hydrogen) atoms. The van der Waals surface area contributed by atoms with Gasteiger partial charge in [0.05, 0.1) is 10.6 Å². The second-order valence-electron chi connectivity index (χ2n) is 3.01. The van der Waals surface area contributed by atoms with Gasteiger partial charge in [0, 0.05) is 0 Å². The second kappa shape index (κ2) is 4.53. The van der Waals surface area contributed by atoms with Crippen LogP contribution in [0.1, 0.15) is 18.7 Å². The molecule has 0 radical (unpaired) electrons. The largest absolute Gasteiger partial charge is 0.300 e. The summed E-state index contributed by atoms with van der Waals surface area (Å²) in [7, 11) is -3.35. The summed E-state index contributed by atoms with van der Waals surface area (Å²) in [4.78, 5) is 10.3. The fourth-order valence-electron chi connectivity index (χ4n) is 1.12. The molecule has 0 aliphatic carbocycles. The Kier molecular flexibility index (Phi) is 3.57. The average Bonchev–Trinajstić information content (AvgIpc) is 2.28. The number of hydrogen-bond acceptors (Lipinski definition) is 3. The van der Waals surface area contributed by atoms with Crippen molar-refractivity contribution in [3.63, 3.8) is 0 Å². The molecule has 0 fully saturated rings. The number of halogens is 1. The van der Waals surface area contributed by atoms with Gasteiger partial charge in [-0.1, -0.05) is 19.1 Å². The van der Waals surface area contributed by atoms with Crippen LogP contribution in [-0.2, 0) is 14.6 Å². The number of rotatable bonds is 4. The molecule has 1 unspecified atom stereocenters. The van der Waals surface area contributed by atoms with E-state index < -0.39 is 16.0 Å². The Bertz CT molecular complexity index is 453. The lowest BCUT2D eigenvalue weighted by Crippen LogP contribution is -2.04. The third kappa shape index (κ3) is 2.62. The summed E-state index contributed by atoms with van der Waals surface area (Å²) in [6.07, 6.45) is -1.63. The fourth-order valence-corrected chi connectivity index (χ4v) is 2.06. The molecule has 0 N–H and O–H groups in total. The molecule has 1 aromatic carbocycles. The van der Waals surface area contributed by atoms with Gasteiger partial charge in [-0.05, 0) is 17.7 Å². The van der Waals surface area contributed by atoms with Gasteiger partial charge in [-0.25, -0.2) is 12.8 Å². The van der Waals surface area contributed by atoms with Gasteiger partial charge in [-0.2, -0.15) is 0 Å². The zero-order chi connectivity index (χ0) is 11.5. The van der Waals surface area contributed by atoms with Crippen molar-refractivity contribution in [2.45, 2.75) is 18.0 Å². The number of carbonyl (C=O) groups excluding carboxylic acids is 1. The number of aldehydes is 1. The van der Waals surface area contributed by atoms with Crippen molar-refractivity contribution >= 4 is 16.1 Å². The lowest BCUT2D eigenvalue weighted by Gasteiger charge is -2.04. The molecule has 0 bridgehead atoms. The molecule has 82 valence electrons. The van der Waals surface area contributed by atoms with E-state index in [2.05, 4.69) is 0 Å². The predicted molar refractivity (Wildman–Crippen MR) is 54.1 cm³/mol. The Balaban J connectivity index is 3.19. The number of benzene rings is 1. The van der Waals surface area contributed by atoms with Crippen molar-refractivity contribution in [3.8, 4) is 0 Å². The van der Waals surface area contributed by atoms with E-state index >= 15 is 0 Å². The van der Waals surface area contributed by atoms with Gasteiger partial charge in [-0.3, -0.25) is 4.79 Å². The van der Waals surface area contributed by atoms with Gasteiger partial charge in [0.1, 0.15) is 0 Å². The minimum absolute atomic E-state index is 0.0471. The van der Waals surface area contributed by atoms with E-state index in [1.54, 1.807) is 0 Å². The third-order valence-corrected chi connectivity index (χ3v) is 3.77. The molecular formula is C10H11FO3S. The molecular weight excluding hydrogens is 219 g/mol. The zero-order valence-corrected chi connectivity index (χ0v) is 9.00. The highest BCUT2D eigenvalue weighted by molar-refractivity contribution is 7.91. The van der Waals surface area contributed by atoms with Gasteiger partial charge < -0.3 is 0 Å². The molecule has 0 heterocycles. The first-order valence-electron chi connectivity index (χ1n) is 4.43. The van der Waals surface area contributed by atoms with E-state index in [4.69, 9.17) is 0 Å². The Morgan fingerprint density at radius 3 is 2.67 bits per heavy atom. The van der Waals surface area contributed by atoms with E-state index in [0.29, 0.717) is 0 Å². The minimum Gasteiger partial charge on any atom is -0.300 e. The lowest BCUT2D eigenvalue weighted by atomic mass is 10.1. The highest BCUT2D eigenvalue weighted by Crippen LogP contribution is 2.19. The molecule has 0 aliphatic rings. The van der Waals surface area contributed by atoms with Crippen LogP contribution < -0.4 is 0 Å². The smallest absolute Gasteiger partial charge is 0.180 e. The Labute approximate surface area is 87.8 Å². The van der Waals surface area contributed by atoms with Crippen LogP contribution in [0, 0.1) is 0 Å². The van der Waals surface area contributed by atoms with Crippen LogP contribution in [0.5, 0.6) is 0 Å². The second-order valence-corrected chi connectivity index (χ2v) is 5.29. The molecule has 0 aliphatic heterocycles. The molecule has 3 nitrogen and oxygen atoms in total. The maximum absolute atomic E-state index is 13.0. The highest BCUT2D eigenvalue weighted by Gasteiger charge is 2.14. The normalized spacial score (nSPS) is 13.5. The molecule has 1 aromatic rings. The fraction of sp³-hybridized carbons (Fsp3) is 0.300. The summed E-state index contributed by atoms with van der Waals surface area (Å²) in [6.45, 7) is 1.51. The summed E-state index contributed by atoms with van der Waals surface area (Å²) >= 11 is 0. The van der Waals surface area contributed by atoms with Crippen molar-refractivity contribution in [2.24, 2.45) is 0 Å². The van der Waals surface area contributed by atoms with E-state index in [1.165, 1.54) is 31.2 Å². The zero-order valence-electron chi connectivity index (χ0n) is 8.18. The number of carbonyl (C=O) groups is 1. The Morgan fingerprint density at radius 1 is 1.47 bits per heavy atom. The first-order chi connectivity index (χ1) is 7.01. The van der Waals surface area contributed by atoms with E-state index in [1.807, 2.05) is 0 Å². The average molecular weight is 230 g/mol. The summed E-state index contributed by atoms with van der Waals surface area (Å²) < 4.78 is 35.9. The maximum Gasteiger partial charge on any atom is 0.180 e. The third-order valence-electron chi connectivity index (χ3n) is 2.04. The monoisotopic (exact) mass is 230 g/mol. The standard InChI is InChI=1S/C10H11FO3S/c1-2-15(13,14)9-5-3-4-8(6-9)10(11)7-12/h3-7,10H,2H2,1H3. The van der Waals surface area contributed by atoms with Crippen molar-refractivity contribution in [1.29, 1.82) is 0 Å². The van der Waals surface area contributed by atoms with Crippen molar-refractivity contribution in [1.82, 2.24) is 0 Å². The molecule has 1 atom stereocenters. The van der Waals surface area contributed by atoms with E-state index in [9.17, 15) is 17.6 Å². The van der Waals surface area contributed by atoms with Crippen LogP contribution in [-0.4, -0.2) is 20.5 Å². The van der Waals surface area contributed by atoms with Gasteiger partial charge in [0.2, 0.25) is 0 Å². The summed E-state index contributed by atoms with van der Waals surface area (Å²) in [5.74, 6) is -0.0471.